The molecule has 3 heterocycles. The van der Waals surface area contributed by atoms with Crippen molar-refractivity contribution in [2.24, 2.45) is 0 Å². The maximum absolute atomic E-state index is 4.51. The van der Waals surface area contributed by atoms with Gasteiger partial charge in [-0.05, 0) is 42.8 Å². The van der Waals surface area contributed by atoms with Crippen molar-refractivity contribution in [2.75, 3.05) is 0 Å². The van der Waals surface area contributed by atoms with Crippen LogP contribution in [0, 0.1) is 20.8 Å². The van der Waals surface area contributed by atoms with Gasteiger partial charge in [0.2, 0.25) is 0 Å². The molecule has 0 fully saturated rings. The summed E-state index contributed by atoms with van der Waals surface area (Å²) in [5, 5.41) is 8.89. The van der Waals surface area contributed by atoms with Crippen LogP contribution in [0.25, 0.3) is 11.3 Å². The molecule has 0 saturated carbocycles. The smallest absolute Gasteiger partial charge is 0.179 e. The molecular weight excluding hydrogens is 294 g/mol. The summed E-state index contributed by atoms with van der Waals surface area (Å²) >= 11 is 3.53. The van der Waals surface area contributed by atoms with E-state index in [1.165, 1.54) is 0 Å². The molecule has 0 bridgehead atoms. The zero-order valence-electron chi connectivity index (χ0n) is 10.3. The molecule has 5 nitrogen and oxygen atoms in total. The van der Waals surface area contributed by atoms with Gasteiger partial charge >= 0.3 is 0 Å². The molecule has 0 amide bonds. The van der Waals surface area contributed by atoms with Crippen LogP contribution < -0.4 is 0 Å². The van der Waals surface area contributed by atoms with Gasteiger partial charge in [0.25, 0.3) is 0 Å². The molecule has 0 unspecified atom stereocenters. The highest BCUT2D eigenvalue weighted by molar-refractivity contribution is 9.10. The lowest BCUT2D eigenvalue weighted by Gasteiger charge is -2.04. The van der Waals surface area contributed by atoms with E-state index < -0.39 is 0 Å². The summed E-state index contributed by atoms with van der Waals surface area (Å²) in [5.74, 6) is 0.796. The minimum absolute atomic E-state index is 0.796. The van der Waals surface area contributed by atoms with Gasteiger partial charge in [0, 0.05) is 12.4 Å². The van der Waals surface area contributed by atoms with Crippen molar-refractivity contribution in [3.05, 3.63) is 40.0 Å². The number of nitrogens with zero attached hydrogens (tertiary/aromatic N) is 5. The van der Waals surface area contributed by atoms with Crippen molar-refractivity contribution >= 4 is 21.4 Å². The molecule has 3 aromatic heterocycles. The monoisotopic (exact) mass is 305 g/mol. The third kappa shape index (κ3) is 1.56. The van der Waals surface area contributed by atoms with Crippen LogP contribution in [0.2, 0.25) is 0 Å². The van der Waals surface area contributed by atoms with Crippen LogP contribution in [0.5, 0.6) is 0 Å². The normalized spacial score (nSPS) is 11.3. The van der Waals surface area contributed by atoms with Crippen LogP contribution in [0.1, 0.15) is 17.1 Å². The van der Waals surface area contributed by atoms with E-state index in [1.54, 1.807) is 6.20 Å². The average molecular weight is 306 g/mol. The first-order chi connectivity index (χ1) is 8.58. The van der Waals surface area contributed by atoms with Crippen LogP contribution in [-0.2, 0) is 0 Å². The fourth-order valence-corrected chi connectivity index (χ4v) is 2.27. The predicted molar refractivity (Wildman–Crippen MR) is 72.0 cm³/mol. The van der Waals surface area contributed by atoms with Gasteiger partial charge < -0.3 is 0 Å². The van der Waals surface area contributed by atoms with Crippen LogP contribution in [-0.4, -0.2) is 24.4 Å². The Bertz CT molecular complexity index is 740. The van der Waals surface area contributed by atoms with Crippen molar-refractivity contribution in [2.45, 2.75) is 20.8 Å². The molecular formula is C12H12BrN5. The fraction of sp³-hybridized carbons (Fsp3) is 0.250. The summed E-state index contributed by atoms with van der Waals surface area (Å²) in [6.07, 6.45) is 3.58. The molecule has 0 spiro atoms. The Balaban J connectivity index is 2.34. The third-order valence-corrected chi connectivity index (χ3v) is 4.04. The van der Waals surface area contributed by atoms with E-state index in [2.05, 4.69) is 31.1 Å². The van der Waals surface area contributed by atoms with E-state index in [4.69, 9.17) is 0 Å². The molecule has 0 saturated heterocycles. The highest BCUT2D eigenvalue weighted by Gasteiger charge is 2.14. The molecule has 0 aromatic carbocycles. The number of hydrogen-bond acceptors (Lipinski definition) is 3. The second kappa shape index (κ2) is 3.91. The van der Waals surface area contributed by atoms with Crippen molar-refractivity contribution in [3.63, 3.8) is 0 Å². The lowest BCUT2D eigenvalue weighted by Crippen LogP contribution is -2.04. The van der Waals surface area contributed by atoms with E-state index in [1.807, 2.05) is 42.2 Å². The third-order valence-electron chi connectivity index (χ3n) is 2.90. The summed E-state index contributed by atoms with van der Waals surface area (Å²) < 4.78 is 4.68. The first-order valence-corrected chi connectivity index (χ1v) is 6.40. The fourth-order valence-electron chi connectivity index (χ4n) is 2.02. The minimum atomic E-state index is 0.796. The molecule has 0 N–H and O–H groups in total. The molecule has 0 aliphatic heterocycles. The van der Waals surface area contributed by atoms with Crippen LogP contribution >= 0.6 is 15.9 Å². The number of halogens is 1. The van der Waals surface area contributed by atoms with Crippen LogP contribution in [0.15, 0.2) is 22.9 Å². The highest BCUT2D eigenvalue weighted by Crippen LogP contribution is 2.24. The van der Waals surface area contributed by atoms with Gasteiger partial charge in [-0.15, -0.1) is 0 Å². The van der Waals surface area contributed by atoms with Gasteiger partial charge in [-0.3, -0.25) is 0 Å². The molecule has 0 aliphatic rings. The topological polar surface area (TPSA) is 48.0 Å². The number of fused-ring (bicyclic) bond motifs is 1. The zero-order chi connectivity index (χ0) is 12.9. The number of rotatable bonds is 1. The van der Waals surface area contributed by atoms with Gasteiger partial charge in [-0.25, -0.2) is 14.2 Å². The lowest BCUT2D eigenvalue weighted by atomic mass is 10.4. The van der Waals surface area contributed by atoms with Gasteiger partial charge in [-0.2, -0.15) is 10.2 Å². The molecule has 3 aromatic rings. The SMILES string of the molecule is Cc1cc2c(-n3nc(C)c(Br)c3C)nccn2n1. The summed E-state index contributed by atoms with van der Waals surface area (Å²) in [4.78, 5) is 4.42. The summed E-state index contributed by atoms with van der Waals surface area (Å²) in [5.41, 5.74) is 3.90. The zero-order valence-corrected chi connectivity index (χ0v) is 11.9. The van der Waals surface area contributed by atoms with Crippen molar-refractivity contribution in [3.8, 4) is 5.82 Å². The molecule has 0 aliphatic carbocycles. The summed E-state index contributed by atoms with van der Waals surface area (Å²) in [7, 11) is 0. The molecule has 6 heteroatoms. The minimum Gasteiger partial charge on any atom is -0.235 e. The van der Waals surface area contributed by atoms with Crippen LogP contribution in [0.3, 0.4) is 0 Å². The van der Waals surface area contributed by atoms with Crippen LogP contribution in [0.4, 0.5) is 0 Å². The maximum atomic E-state index is 4.51. The Labute approximate surface area is 113 Å². The standard InChI is InChI=1S/C12H12BrN5/c1-7-6-10-12(14-4-5-17(10)15-7)18-9(3)11(13)8(2)16-18/h4-6H,1-3H3. The first kappa shape index (κ1) is 11.4. The average Bonchev–Trinajstić information content (AvgIpc) is 2.83. The van der Waals surface area contributed by atoms with Gasteiger partial charge in [0.15, 0.2) is 5.82 Å². The maximum Gasteiger partial charge on any atom is 0.179 e. The van der Waals surface area contributed by atoms with Crippen molar-refractivity contribution in [1.29, 1.82) is 0 Å². The Kier molecular flexibility index (Phi) is 2.48. The quantitative estimate of drug-likeness (QED) is 0.694. The van der Waals surface area contributed by atoms with E-state index in [0.717, 1.165) is 32.9 Å². The molecule has 18 heavy (non-hydrogen) atoms. The molecule has 0 radical (unpaired) electrons. The predicted octanol–water partition coefficient (Wildman–Crippen LogP) is 2.60. The van der Waals surface area contributed by atoms with Gasteiger partial charge in [0.05, 0.1) is 21.6 Å². The largest absolute Gasteiger partial charge is 0.235 e. The van der Waals surface area contributed by atoms with Crippen molar-refractivity contribution < 1.29 is 0 Å². The molecule has 0 atom stereocenters. The van der Waals surface area contributed by atoms with Gasteiger partial charge in [-0.1, -0.05) is 0 Å². The van der Waals surface area contributed by atoms with E-state index in [0.29, 0.717) is 0 Å². The van der Waals surface area contributed by atoms with E-state index in [9.17, 15) is 0 Å². The van der Waals surface area contributed by atoms with Gasteiger partial charge in [0.1, 0.15) is 5.52 Å². The number of aryl methyl sites for hydroxylation is 2. The Morgan fingerprint density at radius 3 is 2.61 bits per heavy atom. The van der Waals surface area contributed by atoms with E-state index >= 15 is 0 Å². The number of aromatic nitrogens is 5. The lowest BCUT2D eigenvalue weighted by molar-refractivity contribution is 0.797. The Morgan fingerprint density at radius 1 is 1.17 bits per heavy atom. The molecule has 92 valence electrons. The first-order valence-electron chi connectivity index (χ1n) is 5.61. The Hall–Kier alpha value is -1.69. The summed E-state index contributed by atoms with van der Waals surface area (Å²) in [6.45, 7) is 5.95. The molecule has 3 rings (SSSR count). The summed E-state index contributed by atoms with van der Waals surface area (Å²) in [6, 6.07) is 2.01. The van der Waals surface area contributed by atoms with E-state index in [-0.39, 0.29) is 0 Å². The number of hydrogen-bond donors (Lipinski definition) is 0. The second-order valence-electron chi connectivity index (χ2n) is 4.26. The Morgan fingerprint density at radius 2 is 1.94 bits per heavy atom. The second-order valence-corrected chi connectivity index (χ2v) is 5.06. The highest BCUT2D eigenvalue weighted by atomic mass is 79.9. The van der Waals surface area contributed by atoms with Crippen molar-refractivity contribution in [1.82, 2.24) is 24.4 Å².